The Morgan fingerprint density at radius 1 is 1.10 bits per heavy atom. The van der Waals surface area contributed by atoms with E-state index in [9.17, 15) is 18.3 Å². The van der Waals surface area contributed by atoms with Crippen LogP contribution < -0.4 is 5.32 Å². The molecule has 2 N–H and O–H groups in total. The van der Waals surface area contributed by atoms with Crippen LogP contribution in [0.5, 0.6) is 0 Å². The van der Waals surface area contributed by atoms with Crippen molar-refractivity contribution in [3.8, 4) is 0 Å². The van der Waals surface area contributed by atoms with Crippen molar-refractivity contribution < 1.29 is 18.3 Å². The Labute approximate surface area is 124 Å². The lowest BCUT2D eigenvalue weighted by Gasteiger charge is -2.39. The molecule has 21 heavy (non-hydrogen) atoms. The van der Waals surface area contributed by atoms with Gasteiger partial charge < -0.3 is 10.4 Å². The third-order valence-electron chi connectivity index (χ3n) is 5.01. The summed E-state index contributed by atoms with van der Waals surface area (Å²) >= 11 is 0. The molecule has 0 radical (unpaired) electrons. The van der Waals surface area contributed by atoms with E-state index in [-0.39, 0.29) is 12.0 Å². The Balaban J connectivity index is 1.71. The summed E-state index contributed by atoms with van der Waals surface area (Å²) in [5, 5.41) is 13.2. The summed E-state index contributed by atoms with van der Waals surface area (Å²) in [4.78, 5) is 1.49. The zero-order valence-electron chi connectivity index (χ0n) is 12.6. The van der Waals surface area contributed by atoms with Gasteiger partial charge in [-0.05, 0) is 38.8 Å². The number of halogens is 3. The summed E-state index contributed by atoms with van der Waals surface area (Å²) in [6.45, 7) is 1.23. The first-order chi connectivity index (χ1) is 9.92. The average molecular weight is 308 g/mol. The van der Waals surface area contributed by atoms with Gasteiger partial charge in [0.2, 0.25) is 0 Å². The van der Waals surface area contributed by atoms with Crippen LogP contribution in [-0.2, 0) is 0 Å². The average Bonchev–Trinajstić information content (AvgIpc) is 2.46. The van der Waals surface area contributed by atoms with Crippen molar-refractivity contribution in [1.82, 2.24) is 10.2 Å². The first kappa shape index (κ1) is 17.0. The van der Waals surface area contributed by atoms with E-state index in [1.54, 1.807) is 0 Å². The topological polar surface area (TPSA) is 35.5 Å². The molecule has 1 heterocycles. The van der Waals surface area contributed by atoms with E-state index in [2.05, 4.69) is 5.32 Å². The van der Waals surface area contributed by atoms with Gasteiger partial charge in [-0.1, -0.05) is 19.3 Å². The Morgan fingerprint density at radius 2 is 1.71 bits per heavy atom. The maximum atomic E-state index is 12.3. The normalized spacial score (nSPS) is 25.1. The summed E-state index contributed by atoms with van der Waals surface area (Å²) < 4.78 is 37.0. The number of aliphatic hydroxyl groups excluding tert-OH is 1. The molecule has 1 aliphatic heterocycles. The molecule has 1 saturated heterocycles. The van der Waals surface area contributed by atoms with Gasteiger partial charge in [-0.25, -0.2) is 0 Å². The molecule has 1 saturated carbocycles. The molecule has 0 amide bonds. The highest BCUT2D eigenvalue weighted by Gasteiger charge is 2.34. The molecular formula is C15H27F3N2O. The van der Waals surface area contributed by atoms with Crippen LogP contribution in [0, 0.1) is 5.41 Å². The predicted molar refractivity (Wildman–Crippen MR) is 76.1 cm³/mol. The van der Waals surface area contributed by atoms with Crippen LogP contribution >= 0.6 is 0 Å². The Morgan fingerprint density at radius 3 is 2.24 bits per heavy atom. The highest BCUT2D eigenvalue weighted by molar-refractivity contribution is 4.87. The number of hydrogen-bond acceptors (Lipinski definition) is 3. The number of likely N-dealkylation sites (tertiary alicyclic amines) is 1. The van der Waals surface area contributed by atoms with Crippen LogP contribution in [0.25, 0.3) is 0 Å². The summed E-state index contributed by atoms with van der Waals surface area (Å²) in [5.74, 6) is 0. The number of rotatable bonds is 5. The Kier molecular flexibility index (Phi) is 5.91. The second-order valence-electron chi connectivity index (χ2n) is 6.77. The van der Waals surface area contributed by atoms with E-state index in [0.29, 0.717) is 19.1 Å². The third kappa shape index (κ3) is 5.42. The molecule has 0 atom stereocenters. The minimum Gasteiger partial charge on any atom is -0.396 e. The third-order valence-corrected chi connectivity index (χ3v) is 5.01. The number of nitrogens with zero attached hydrogens (tertiary/aromatic N) is 1. The SMILES string of the molecule is OCC1(CNC2CCN(CC(F)(F)F)CC2)CCCCC1. The van der Waals surface area contributed by atoms with Crippen molar-refractivity contribution >= 4 is 0 Å². The highest BCUT2D eigenvalue weighted by Crippen LogP contribution is 2.35. The molecule has 0 aromatic rings. The molecule has 2 fully saturated rings. The maximum Gasteiger partial charge on any atom is 0.401 e. The van der Waals surface area contributed by atoms with E-state index in [1.165, 1.54) is 24.2 Å². The van der Waals surface area contributed by atoms with Gasteiger partial charge in [-0.3, -0.25) is 4.90 Å². The van der Waals surface area contributed by atoms with Gasteiger partial charge in [-0.2, -0.15) is 13.2 Å². The number of piperidine rings is 1. The van der Waals surface area contributed by atoms with E-state index in [0.717, 1.165) is 32.2 Å². The van der Waals surface area contributed by atoms with Gasteiger partial charge in [0.05, 0.1) is 6.54 Å². The molecule has 0 aromatic heterocycles. The van der Waals surface area contributed by atoms with Gasteiger partial charge in [0.15, 0.2) is 0 Å². The molecule has 3 nitrogen and oxygen atoms in total. The predicted octanol–water partition coefficient (Wildman–Crippen LogP) is 2.55. The second-order valence-corrected chi connectivity index (χ2v) is 6.77. The first-order valence-corrected chi connectivity index (χ1v) is 8.06. The molecule has 6 heteroatoms. The van der Waals surface area contributed by atoms with Crippen LogP contribution in [0.4, 0.5) is 13.2 Å². The van der Waals surface area contributed by atoms with Crippen molar-refractivity contribution in [3.63, 3.8) is 0 Å². The molecule has 124 valence electrons. The van der Waals surface area contributed by atoms with Gasteiger partial charge in [-0.15, -0.1) is 0 Å². The van der Waals surface area contributed by atoms with E-state index in [1.807, 2.05) is 0 Å². The lowest BCUT2D eigenvalue weighted by Crippen LogP contribution is -2.49. The summed E-state index contributed by atoms with van der Waals surface area (Å²) in [7, 11) is 0. The van der Waals surface area contributed by atoms with E-state index >= 15 is 0 Å². The minimum absolute atomic E-state index is 0.00134. The fraction of sp³-hybridized carbons (Fsp3) is 1.00. The van der Waals surface area contributed by atoms with Gasteiger partial charge in [0, 0.05) is 24.6 Å². The van der Waals surface area contributed by atoms with E-state index < -0.39 is 12.7 Å². The molecule has 0 spiro atoms. The largest absolute Gasteiger partial charge is 0.401 e. The van der Waals surface area contributed by atoms with Crippen LogP contribution in [0.2, 0.25) is 0 Å². The molecule has 2 aliphatic rings. The van der Waals surface area contributed by atoms with Crippen molar-refractivity contribution in [1.29, 1.82) is 0 Å². The van der Waals surface area contributed by atoms with Gasteiger partial charge in [0.1, 0.15) is 0 Å². The smallest absolute Gasteiger partial charge is 0.396 e. The van der Waals surface area contributed by atoms with Crippen molar-refractivity contribution in [2.75, 3.05) is 32.8 Å². The lowest BCUT2D eigenvalue weighted by atomic mass is 9.74. The molecule has 2 rings (SSSR count). The lowest BCUT2D eigenvalue weighted by molar-refractivity contribution is -0.148. The standard InChI is InChI=1S/C15H27F3N2O/c16-15(17,18)11-20-8-4-13(5-9-20)19-10-14(12-21)6-2-1-3-7-14/h13,19,21H,1-12H2. The van der Waals surface area contributed by atoms with Gasteiger partial charge in [0.25, 0.3) is 0 Å². The fourth-order valence-electron chi connectivity index (χ4n) is 3.60. The maximum absolute atomic E-state index is 12.3. The number of hydrogen-bond donors (Lipinski definition) is 2. The van der Waals surface area contributed by atoms with Crippen molar-refractivity contribution in [2.24, 2.45) is 5.41 Å². The molecule has 1 aliphatic carbocycles. The molecular weight excluding hydrogens is 281 g/mol. The van der Waals surface area contributed by atoms with Crippen molar-refractivity contribution in [3.05, 3.63) is 0 Å². The zero-order valence-corrected chi connectivity index (χ0v) is 12.6. The molecule has 0 unspecified atom stereocenters. The zero-order chi connectivity index (χ0) is 15.3. The van der Waals surface area contributed by atoms with Crippen molar-refractivity contribution in [2.45, 2.75) is 57.2 Å². The monoisotopic (exact) mass is 308 g/mol. The van der Waals surface area contributed by atoms with Crippen LogP contribution in [-0.4, -0.2) is 55.0 Å². The quantitative estimate of drug-likeness (QED) is 0.819. The Hall–Kier alpha value is -0.330. The number of aliphatic hydroxyl groups is 1. The fourth-order valence-corrected chi connectivity index (χ4v) is 3.60. The summed E-state index contributed by atoms with van der Waals surface area (Å²) in [6, 6.07) is 0.292. The molecule has 0 aromatic carbocycles. The van der Waals surface area contributed by atoms with Crippen LogP contribution in [0.1, 0.15) is 44.9 Å². The number of alkyl halides is 3. The highest BCUT2D eigenvalue weighted by atomic mass is 19.4. The molecule has 0 bridgehead atoms. The van der Waals surface area contributed by atoms with Crippen LogP contribution in [0.3, 0.4) is 0 Å². The first-order valence-electron chi connectivity index (χ1n) is 8.06. The second kappa shape index (κ2) is 7.29. The van der Waals surface area contributed by atoms with Crippen LogP contribution in [0.15, 0.2) is 0 Å². The Bertz CT molecular complexity index is 309. The number of nitrogens with one attached hydrogen (secondary N) is 1. The van der Waals surface area contributed by atoms with Gasteiger partial charge >= 0.3 is 6.18 Å². The summed E-state index contributed by atoms with van der Waals surface area (Å²) in [5.41, 5.74) is 0.00134. The summed E-state index contributed by atoms with van der Waals surface area (Å²) in [6.07, 6.45) is 3.14. The minimum atomic E-state index is -4.09. The van der Waals surface area contributed by atoms with E-state index in [4.69, 9.17) is 0 Å².